The highest BCUT2D eigenvalue weighted by atomic mass is 19.2. The summed E-state index contributed by atoms with van der Waals surface area (Å²) >= 11 is 0. The van der Waals surface area contributed by atoms with E-state index in [0.29, 0.717) is 12.1 Å². The maximum absolute atomic E-state index is 13.3. The summed E-state index contributed by atoms with van der Waals surface area (Å²) in [5.41, 5.74) is 0.408. The monoisotopic (exact) mass is 340 g/mol. The van der Waals surface area contributed by atoms with Crippen LogP contribution in [0.1, 0.15) is 38.2 Å². The number of carbonyl (C=O) groups excluding carboxylic acids is 1. The number of aliphatic hydroxyl groups is 1. The molecule has 4 nitrogen and oxygen atoms in total. The highest BCUT2D eigenvalue weighted by Crippen LogP contribution is 2.18. The zero-order chi connectivity index (χ0) is 17.7. The Hall–Kier alpha value is -1.53. The molecule has 1 aliphatic heterocycles. The topological polar surface area (TPSA) is 52.6 Å². The molecule has 0 aliphatic carbocycles. The van der Waals surface area contributed by atoms with Gasteiger partial charge in [0, 0.05) is 13.1 Å². The summed E-state index contributed by atoms with van der Waals surface area (Å²) in [6.45, 7) is 6.48. The van der Waals surface area contributed by atoms with Crippen molar-refractivity contribution in [2.24, 2.45) is 5.92 Å². The van der Waals surface area contributed by atoms with Crippen molar-refractivity contribution in [3.63, 3.8) is 0 Å². The van der Waals surface area contributed by atoms with Crippen LogP contribution < -0.4 is 5.32 Å². The molecule has 1 aliphatic rings. The Morgan fingerprint density at radius 3 is 2.62 bits per heavy atom. The predicted octanol–water partition coefficient (Wildman–Crippen LogP) is 2.28. The van der Waals surface area contributed by atoms with Crippen LogP contribution >= 0.6 is 0 Å². The summed E-state index contributed by atoms with van der Waals surface area (Å²) < 4.78 is 26.2. The number of benzene rings is 1. The van der Waals surface area contributed by atoms with E-state index in [1.807, 2.05) is 0 Å². The molecule has 0 spiro atoms. The predicted molar refractivity (Wildman–Crippen MR) is 88.6 cm³/mol. The Balaban J connectivity index is 1.78. The first-order valence-electron chi connectivity index (χ1n) is 8.50. The van der Waals surface area contributed by atoms with Gasteiger partial charge in [0.1, 0.15) is 0 Å². The number of nitrogens with one attached hydrogen (secondary N) is 1. The number of halogens is 2. The van der Waals surface area contributed by atoms with Crippen LogP contribution in [-0.4, -0.2) is 48.2 Å². The number of nitrogens with zero attached hydrogens (tertiary/aromatic N) is 1. The molecule has 0 bridgehead atoms. The Morgan fingerprint density at radius 2 is 2.00 bits per heavy atom. The van der Waals surface area contributed by atoms with E-state index in [4.69, 9.17) is 0 Å². The lowest BCUT2D eigenvalue weighted by Gasteiger charge is -2.31. The lowest BCUT2D eigenvalue weighted by molar-refractivity contribution is -0.122. The second-order valence-corrected chi connectivity index (χ2v) is 6.78. The number of hydrogen-bond acceptors (Lipinski definition) is 3. The number of piperidine rings is 1. The van der Waals surface area contributed by atoms with Gasteiger partial charge in [-0.15, -0.1) is 0 Å². The number of likely N-dealkylation sites (tertiary alicyclic amines) is 1. The van der Waals surface area contributed by atoms with E-state index in [0.717, 1.165) is 44.0 Å². The third-order valence-corrected chi connectivity index (χ3v) is 4.69. The Kier molecular flexibility index (Phi) is 6.69. The first-order valence-corrected chi connectivity index (χ1v) is 8.50. The van der Waals surface area contributed by atoms with Crippen LogP contribution in [0.5, 0.6) is 0 Å². The number of β-amino-alcohol motifs (C(OH)–C–C–N with tert-alkyl or cyclic N) is 1. The molecule has 0 unspecified atom stereocenters. The molecule has 0 radical (unpaired) electrons. The normalized spacial score (nSPS) is 19.0. The second kappa shape index (κ2) is 8.53. The van der Waals surface area contributed by atoms with Gasteiger partial charge in [-0.3, -0.25) is 4.79 Å². The molecule has 134 valence electrons. The second-order valence-electron chi connectivity index (χ2n) is 6.78. The number of hydrogen-bond donors (Lipinski definition) is 2. The average molecular weight is 340 g/mol. The molecule has 1 aromatic carbocycles. The van der Waals surface area contributed by atoms with Crippen molar-refractivity contribution in [1.82, 2.24) is 10.2 Å². The first-order chi connectivity index (χ1) is 11.4. The van der Waals surface area contributed by atoms with E-state index in [9.17, 15) is 18.7 Å². The van der Waals surface area contributed by atoms with Gasteiger partial charge in [-0.1, -0.05) is 13.0 Å². The zero-order valence-corrected chi connectivity index (χ0v) is 14.3. The van der Waals surface area contributed by atoms with E-state index >= 15 is 0 Å². The molecule has 1 amide bonds. The van der Waals surface area contributed by atoms with Crippen molar-refractivity contribution >= 4 is 5.91 Å². The molecular formula is C18H26F2N2O2. The van der Waals surface area contributed by atoms with Gasteiger partial charge in [-0.2, -0.15) is 0 Å². The van der Waals surface area contributed by atoms with Crippen molar-refractivity contribution in [2.75, 3.05) is 26.2 Å². The molecule has 1 fully saturated rings. The van der Waals surface area contributed by atoms with E-state index in [1.54, 1.807) is 6.92 Å². The molecular weight excluding hydrogens is 314 g/mol. The molecule has 24 heavy (non-hydrogen) atoms. The van der Waals surface area contributed by atoms with Gasteiger partial charge in [0.25, 0.3) is 0 Å². The summed E-state index contributed by atoms with van der Waals surface area (Å²) in [5.74, 6) is -2.09. The summed E-state index contributed by atoms with van der Waals surface area (Å²) in [6.07, 6.45) is 1.62. The molecule has 0 saturated carbocycles. The maximum atomic E-state index is 13.3. The zero-order valence-electron chi connectivity index (χ0n) is 14.3. The van der Waals surface area contributed by atoms with Crippen molar-refractivity contribution in [3.05, 3.63) is 35.4 Å². The smallest absolute Gasteiger partial charge is 0.227 e. The van der Waals surface area contributed by atoms with E-state index in [1.165, 1.54) is 6.07 Å². The number of carbonyl (C=O) groups is 1. The van der Waals surface area contributed by atoms with Gasteiger partial charge in [-0.05, 0) is 56.5 Å². The van der Waals surface area contributed by atoms with Crippen LogP contribution in [0.15, 0.2) is 18.2 Å². The van der Waals surface area contributed by atoms with E-state index in [2.05, 4.69) is 17.1 Å². The molecule has 2 rings (SSSR count). The SMILES string of the molecule is CC1CCN(C[C@H](O)CNC(=O)[C@@H](C)c2ccc(F)c(F)c2)CC1. The summed E-state index contributed by atoms with van der Waals surface area (Å²) in [7, 11) is 0. The van der Waals surface area contributed by atoms with Crippen LogP contribution in [0.3, 0.4) is 0 Å². The highest BCUT2D eigenvalue weighted by Gasteiger charge is 2.20. The van der Waals surface area contributed by atoms with Crippen molar-refractivity contribution < 1.29 is 18.7 Å². The third-order valence-electron chi connectivity index (χ3n) is 4.69. The molecule has 1 aromatic rings. The molecule has 1 heterocycles. The van der Waals surface area contributed by atoms with Crippen molar-refractivity contribution in [3.8, 4) is 0 Å². The number of aliphatic hydroxyl groups excluding tert-OH is 1. The minimum Gasteiger partial charge on any atom is -0.390 e. The minimum atomic E-state index is -0.966. The quantitative estimate of drug-likeness (QED) is 0.835. The summed E-state index contributed by atoms with van der Waals surface area (Å²) in [5, 5.41) is 12.8. The van der Waals surface area contributed by atoms with Crippen LogP contribution in [0.2, 0.25) is 0 Å². The van der Waals surface area contributed by atoms with E-state index < -0.39 is 23.7 Å². The van der Waals surface area contributed by atoms with Gasteiger partial charge >= 0.3 is 0 Å². The highest BCUT2D eigenvalue weighted by molar-refractivity contribution is 5.83. The standard InChI is InChI=1S/C18H26F2N2O2/c1-12-5-7-22(8-6-12)11-15(23)10-21-18(24)13(2)14-3-4-16(19)17(20)9-14/h3-4,9,12-13,15,23H,5-8,10-11H2,1-2H3,(H,21,24)/t13-,15+/m0/s1. The van der Waals surface area contributed by atoms with Gasteiger partial charge in [0.2, 0.25) is 5.91 Å². The van der Waals surface area contributed by atoms with Gasteiger partial charge in [0.15, 0.2) is 11.6 Å². The van der Waals surface area contributed by atoms with Crippen LogP contribution in [0, 0.1) is 17.6 Å². The number of amides is 1. The van der Waals surface area contributed by atoms with Gasteiger partial charge < -0.3 is 15.3 Å². The summed E-state index contributed by atoms with van der Waals surface area (Å²) in [4.78, 5) is 14.3. The Bertz CT molecular complexity index is 560. The maximum Gasteiger partial charge on any atom is 0.227 e. The summed E-state index contributed by atoms with van der Waals surface area (Å²) in [6, 6.07) is 3.44. The fourth-order valence-electron chi connectivity index (χ4n) is 2.91. The molecule has 2 N–H and O–H groups in total. The van der Waals surface area contributed by atoms with Crippen LogP contribution in [0.25, 0.3) is 0 Å². The van der Waals surface area contributed by atoms with Crippen molar-refractivity contribution in [1.29, 1.82) is 0 Å². The van der Waals surface area contributed by atoms with Crippen LogP contribution in [-0.2, 0) is 4.79 Å². The third kappa shape index (κ3) is 5.24. The van der Waals surface area contributed by atoms with Gasteiger partial charge in [-0.25, -0.2) is 8.78 Å². The lowest BCUT2D eigenvalue weighted by atomic mass is 9.99. The molecule has 6 heteroatoms. The molecule has 0 aromatic heterocycles. The minimum absolute atomic E-state index is 0.152. The van der Waals surface area contributed by atoms with Crippen molar-refractivity contribution in [2.45, 2.75) is 38.7 Å². The fraction of sp³-hybridized carbons (Fsp3) is 0.611. The van der Waals surface area contributed by atoms with Gasteiger partial charge in [0.05, 0.1) is 12.0 Å². The Morgan fingerprint density at radius 1 is 1.33 bits per heavy atom. The van der Waals surface area contributed by atoms with Crippen LogP contribution in [0.4, 0.5) is 8.78 Å². The molecule has 2 atom stereocenters. The first kappa shape index (κ1) is 18.8. The van der Waals surface area contributed by atoms with E-state index in [-0.39, 0.29) is 12.5 Å². The Labute approximate surface area is 141 Å². The largest absolute Gasteiger partial charge is 0.390 e. The number of rotatable bonds is 6. The average Bonchev–Trinajstić information content (AvgIpc) is 2.56. The fourth-order valence-corrected chi connectivity index (χ4v) is 2.91. The lowest BCUT2D eigenvalue weighted by Crippen LogP contribution is -2.43. The molecule has 1 saturated heterocycles.